The van der Waals surface area contributed by atoms with Crippen LogP contribution in [0.25, 0.3) is 0 Å². The van der Waals surface area contributed by atoms with Gasteiger partial charge in [0.15, 0.2) is 0 Å². The third-order valence-electron chi connectivity index (χ3n) is 2.43. The highest BCUT2D eigenvalue weighted by Gasteiger charge is 2.18. The maximum atomic E-state index is 6.05. The predicted molar refractivity (Wildman–Crippen MR) is 58.8 cm³/mol. The Morgan fingerprint density at radius 3 is 2.69 bits per heavy atom. The SMILES string of the molecule is NC1CCN(c2sccc2Cl)CC1. The molecule has 4 heteroatoms. The van der Waals surface area contributed by atoms with Gasteiger partial charge in [-0.1, -0.05) is 11.6 Å². The normalized spacial score (nSPS) is 19.4. The monoisotopic (exact) mass is 216 g/mol. The Morgan fingerprint density at radius 2 is 2.15 bits per heavy atom. The minimum Gasteiger partial charge on any atom is -0.362 e. The van der Waals surface area contributed by atoms with E-state index in [1.807, 2.05) is 11.4 Å². The molecule has 0 aliphatic carbocycles. The van der Waals surface area contributed by atoms with E-state index < -0.39 is 0 Å². The molecule has 2 nitrogen and oxygen atoms in total. The summed E-state index contributed by atoms with van der Waals surface area (Å²) in [6.45, 7) is 2.09. The van der Waals surface area contributed by atoms with Gasteiger partial charge in [-0.2, -0.15) is 0 Å². The second-order valence-corrected chi connectivity index (χ2v) is 4.70. The summed E-state index contributed by atoms with van der Waals surface area (Å²) >= 11 is 7.76. The number of hydrogen-bond donors (Lipinski definition) is 1. The molecular weight excluding hydrogens is 204 g/mol. The van der Waals surface area contributed by atoms with Crippen LogP contribution >= 0.6 is 22.9 Å². The standard InChI is InChI=1S/C9H13ClN2S/c10-8-3-6-13-9(8)12-4-1-7(11)2-5-12/h3,6-7H,1-2,4-5,11H2. The molecule has 1 aromatic rings. The second kappa shape index (κ2) is 3.86. The summed E-state index contributed by atoms with van der Waals surface area (Å²) in [6.07, 6.45) is 2.16. The summed E-state index contributed by atoms with van der Waals surface area (Å²) < 4.78 is 0. The topological polar surface area (TPSA) is 29.3 Å². The first-order valence-corrected chi connectivity index (χ1v) is 5.76. The molecule has 0 radical (unpaired) electrons. The maximum Gasteiger partial charge on any atom is 0.110 e. The molecule has 1 aliphatic heterocycles. The van der Waals surface area contributed by atoms with Gasteiger partial charge in [0.05, 0.1) is 5.02 Å². The van der Waals surface area contributed by atoms with E-state index in [4.69, 9.17) is 17.3 Å². The van der Waals surface area contributed by atoms with Gasteiger partial charge in [0, 0.05) is 19.1 Å². The number of thiophene rings is 1. The molecule has 1 fully saturated rings. The molecule has 1 saturated heterocycles. The van der Waals surface area contributed by atoms with E-state index in [0.717, 1.165) is 31.0 Å². The Labute approximate surface area is 87.3 Å². The summed E-state index contributed by atoms with van der Waals surface area (Å²) in [4.78, 5) is 2.33. The fraction of sp³-hybridized carbons (Fsp3) is 0.556. The Bertz CT molecular complexity index is 279. The van der Waals surface area contributed by atoms with Crippen molar-refractivity contribution in [1.29, 1.82) is 0 Å². The van der Waals surface area contributed by atoms with E-state index in [1.54, 1.807) is 11.3 Å². The van der Waals surface area contributed by atoms with Gasteiger partial charge in [0.2, 0.25) is 0 Å². The van der Waals surface area contributed by atoms with Gasteiger partial charge in [-0.15, -0.1) is 11.3 Å². The van der Waals surface area contributed by atoms with Gasteiger partial charge in [-0.3, -0.25) is 0 Å². The van der Waals surface area contributed by atoms with E-state index in [2.05, 4.69) is 4.90 Å². The Kier molecular flexibility index (Phi) is 2.77. The molecule has 2 heterocycles. The zero-order valence-corrected chi connectivity index (χ0v) is 8.94. The van der Waals surface area contributed by atoms with Gasteiger partial charge < -0.3 is 10.6 Å². The van der Waals surface area contributed by atoms with Crippen molar-refractivity contribution < 1.29 is 0 Å². The first-order valence-electron chi connectivity index (χ1n) is 4.51. The largest absolute Gasteiger partial charge is 0.362 e. The van der Waals surface area contributed by atoms with Crippen molar-refractivity contribution in [3.05, 3.63) is 16.5 Å². The molecule has 0 bridgehead atoms. The van der Waals surface area contributed by atoms with Crippen molar-refractivity contribution in [3.8, 4) is 0 Å². The van der Waals surface area contributed by atoms with Crippen LogP contribution in [-0.4, -0.2) is 19.1 Å². The number of rotatable bonds is 1. The lowest BCUT2D eigenvalue weighted by Crippen LogP contribution is -2.39. The number of piperidine rings is 1. The number of hydrogen-bond acceptors (Lipinski definition) is 3. The molecule has 0 unspecified atom stereocenters. The lowest BCUT2D eigenvalue weighted by molar-refractivity contribution is 0.503. The van der Waals surface area contributed by atoms with Crippen LogP contribution in [0.2, 0.25) is 5.02 Å². The van der Waals surface area contributed by atoms with Gasteiger partial charge in [0.1, 0.15) is 5.00 Å². The fourth-order valence-electron chi connectivity index (χ4n) is 1.61. The summed E-state index contributed by atoms with van der Waals surface area (Å²) in [6, 6.07) is 2.34. The summed E-state index contributed by atoms with van der Waals surface area (Å²) in [7, 11) is 0. The number of anilines is 1. The van der Waals surface area contributed by atoms with E-state index in [1.165, 1.54) is 5.00 Å². The molecule has 1 aliphatic rings. The van der Waals surface area contributed by atoms with Crippen LogP contribution in [0, 0.1) is 0 Å². The lowest BCUT2D eigenvalue weighted by atomic mass is 10.1. The third-order valence-corrected chi connectivity index (χ3v) is 3.82. The average Bonchev–Trinajstić information content (AvgIpc) is 2.53. The molecule has 1 aromatic heterocycles. The quantitative estimate of drug-likeness (QED) is 0.781. The summed E-state index contributed by atoms with van der Waals surface area (Å²) in [5, 5.41) is 4.11. The van der Waals surface area contributed by atoms with Crippen molar-refractivity contribution in [1.82, 2.24) is 0 Å². The van der Waals surface area contributed by atoms with E-state index >= 15 is 0 Å². The number of nitrogens with two attached hydrogens (primary N) is 1. The molecule has 0 spiro atoms. The minimum atomic E-state index is 0.384. The minimum absolute atomic E-state index is 0.384. The van der Waals surface area contributed by atoms with Crippen LogP contribution in [0.5, 0.6) is 0 Å². The lowest BCUT2D eigenvalue weighted by Gasteiger charge is -2.31. The number of halogens is 1. The van der Waals surface area contributed by atoms with E-state index in [0.29, 0.717) is 6.04 Å². The molecule has 2 rings (SSSR count). The first kappa shape index (κ1) is 9.31. The summed E-state index contributed by atoms with van der Waals surface area (Å²) in [5.74, 6) is 0. The second-order valence-electron chi connectivity index (χ2n) is 3.40. The van der Waals surface area contributed by atoms with Crippen LogP contribution in [0.3, 0.4) is 0 Å². The van der Waals surface area contributed by atoms with Crippen LogP contribution < -0.4 is 10.6 Å². The Balaban J connectivity index is 2.06. The molecule has 0 atom stereocenters. The highest BCUT2D eigenvalue weighted by molar-refractivity contribution is 7.15. The van der Waals surface area contributed by atoms with E-state index in [9.17, 15) is 0 Å². The van der Waals surface area contributed by atoms with Crippen molar-refractivity contribution in [3.63, 3.8) is 0 Å². The van der Waals surface area contributed by atoms with Crippen LogP contribution in [0.1, 0.15) is 12.8 Å². The van der Waals surface area contributed by atoms with Gasteiger partial charge >= 0.3 is 0 Å². The zero-order chi connectivity index (χ0) is 9.26. The fourth-order valence-corrected chi connectivity index (χ4v) is 2.85. The highest BCUT2D eigenvalue weighted by atomic mass is 35.5. The zero-order valence-electron chi connectivity index (χ0n) is 7.37. The average molecular weight is 217 g/mol. The molecular formula is C9H13ClN2S. The number of nitrogens with zero attached hydrogens (tertiary/aromatic N) is 1. The van der Waals surface area contributed by atoms with Crippen molar-refractivity contribution in [2.24, 2.45) is 5.73 Å². The maximum absolute atomic E-state index is 6.05. The van der Waals surface area contributed by atoms with Crippen molar-refractivity contribution in [2.75, 3.05) is 18.0 Å². The van der Waals surface area contributed by atoms with Crippen molar-refractivity contribution in [2.45, 2.75) is 18.9 Å². The Morgan fingerprint density at radius 1 is 1.46 bits per heavy atom. The Hall–Kier alpha value is -0.250. The van der Waals surface area contributed by atoms with Crippen LogP contribution in [0.15, 0.2) is 11.4 Å². The van der Waals surface area contributed by atoms with Crippen LogP contribution in [0.4, 0.5) is 5.00 Å². The highest BCUT2D eigenvalue weighted by Crippen LogP contribution is 2.33. The van der Waals surface area contributed by atoms with Gasteiger partial charge in [-0.05, 0) is 24.3 Å². The predicted octanol–water partition coefficient (Wildman–Crippen LogP) is 2.33. The van der Waals surface area contributed by atoms with Crippen LogP contribution in [-0.2, 0) is 0 Å². The van der Waals surface area contributed by atoms with Crippen molar-refractivity contribution >= 4 is 27.9 Å². The molecule has 0 amide bonds. The van der Waals surface area contributed by atoms with E-state index in [-0.39, 0.29) is 0 Å². The molecule has 2 N–H and O–H groups in total. The molecule has 0 aromatic carbocycles. The molecule has 72 valence electrons. The van der Waals surface area contributed by atoms with Gasteiger partial charge in [-0.25, -0.2) is 0 Å². The molecule has 0 saturated carbocycles. The first-order chi connectivity index (χ1) is 6.27. The third kappa shape index (κ3) is 1.98. The smallest absolute Gasteiger partial charge is 0.110 e. The molecule has 13 heavy (non-hydrogen) atoms. The van der Waals surface area contributed by atoms with Gasteiger partial charge in [0.25, 0.3) is 0 Å². The summed E-state index contributed by atoms with van der Waals surface area (Å²) in [5.41, 5.74) is 5.83.